The molecule has 1 unspecified atom stereocenters. The number of rotatable bonds is 3. The summed E-state index contributed by atoms with van der Waals surface area (Å²) in [5.74, 6) is 0.326. The summed E-state index contributed by atoms with van der Waals surface area (Å²) in [5, 5.41) is 0.584. The largest absolute Gasteiger partial charge is 0.484 e. The maximum absolute atomic E-state index is 11.2. The van der Waals surface area contributed by atoms with Crippen molar-refractivity contribution in [3.05, 3.63) is 39.3 Å². The third-order valence-corrected chi connectivity index (χ3v) is 3.60. The molecule has 5 heteroatoms. The van der Waals surface area contributed by atoms with Crippen molar-refractivity contribution in [1.82, 2.24) is 0 Å². The number of fused-ring (bicyclic) bond motifs is 1. The summed E-state index contributed by atoms with van der Waals surface area (Å²) in [6, 6.07) is 3.67. The van der Waals surface area contributed by atoms with Gasteiger partial charge in [-0.2, -0.15) is 0 Å². The maximum Gasteiger partial charge on any atom is 0.330 e. The molecule has 0 saturated heterocycles. The molecule has 1 aliphatic rings. The molecule has 1 atom stereocenters. The van der Waals surface area contributed by atoms with E-state index in [-0.39, 0.29) is 12.1 Å². The van der Waals surface area contributed by atoms with Crippen molar-refractivity contribution in [2.45, 2.75) is 19.4 Å². The van der Waals surface area contributed by atoms with Crippen molar-refractivity contribution in [2.75, 3.05) is 6.61 Å². The number of benzene rings is 1. The first-order valence-corrected chi connectivity index (χ1v) is 6.77. The Labute approximate surface area is 119 Å². The molecule has 0 amide bonds. The third kappa shape index (κ3) is 2.87. The first-order chi connectivity index (χ1) is 8.61. The first kappa shape index (κ1) is 13.4. The second kappa shape index (κ2) is 5.76. The van der Waals surface area contributed by atoms with Crippen molar-refractivity contribution in [3.63, 3.8) is 0 Å². The van der Waals surface area contributed by atoms with Gasteiger partial charge in [-0.15, -0.1) is 0 Å². The summed E-state index contributed by atoms with van der Waals surface area (Å²) < 4.78 is 11.5. The van der Waals surface area contributed by atoms with Crippen LogP contribution >= 0.6 is 27.5 Å². The Hall–Kier alpha value is -1.00. The molecular formula is C13H12BrClO3. The Bertz CT molecular complexity index is 468. The highest BCUT2D eigenvalue weighted by molar-refractivity contribution is 9.10. The Morgan fingerprint density at radius 3 is 3.11 bits per heavy atom. The summed E-state index contributed by atoms with van der Waals surface area (Å²) in [5.41, 5.74) is 1.03. The van der Waals surface area contributed by atoms with Gasteiger partial charge >= 0.3 is 5.97 Å². The van der Waals surface area contributed by atoms with Gasteiger partial charge in [0, 0.05) is 22.5 Å². The van der Waals surface area contributed by atoms with Gasteiger partial charge in [0.1, 0.15) is 11.9 Å². The predicted molar refractivity (Wildman–Crippen MR) is 73.0 cm³/mol. The van der Waals surface area contributed by atoms with Crippen LogP contribution in [0.4, 0.5) is 0 Å². The van der Waals surface area contributed by atoms with Crippen LogP contribution in [0.15, 0.2) is 28.8 Å². The molecule has 1 heterocycles. The first-order valence-electron chi connectivity index (χ1n) is 5.60. The van der Waals surface area contributed by atoms with Crippen LogP contribution in [0.25, 0.3) is 0 Å². The standard InChI is InChI=1S/C13H12BrClO3/c1-2-17-12(16)6-3-8-7-9-10(14)4-5-11(15)13(9)18-8/h3-6,8H,2,7H2,1H3. The Kier molecular flexibility index (Phi) is 4.30. The van der Waals surface area contributed by atoms with Crippen molar-refractivity contribution >= 4 is 33.5 Å². The zero-order chi connectivity index (χ0) is 13.1. The van der Waals surface area contributed by atoms with E-state index in [0.29, 0.717) is 23.8 Å². The number of ether oxygens (including phenoxy) is 2. The average Bonchev–Trinajstić information content (AvgIpc) is 2.77. The molecule has 0 bridgehead atoms. The minimum absolute atomic E-state index is 0.180. The van der Waals surface area contributed by atoms with E-state index in [1.54, 1.807) is 19.1 Å². The summed E-state index contributed by atoms with van der Waals surface area (Å²) in [6.07, 6.45) is 3.59. The molecule has 0 aromatic heterocycles. The fourth-order valence-corrected chi connectivity index (χ4v) is 2.47. The van der Waals surface area contributed by atoms with E-state index in [0.717, 1.165) is 10.0 Å². The van der Waals surface area contributed by atoms with Crippen molar-refractivity contribution < 1.29 is 14.3 Å². The van der Waals surface area contributed by atoms with E-state index >= 15 is 0 Å². The van der Waals surface area contributed by atoms with E-state index in [2.05, 4.69) is 15.9 Å². The van der Waals surface area contributed by atoms with Crippen LogP contribution in [0.1, 0.15) is 12.5 Å². The molecule has 1 aliphatic heterocycles. The topological polar surface area (TPSA) is 35.5 Å². The van der Waals surface area contributed by atoms with Crippen LogP contribution in [-0.4, -0.2) is 18.7 Å². The summed E-state index contributed by atoms with van der Waals surface area (Å²) in [6.45, 7) is 2.14. The average molecular weight is 332 g/mol. The number of carbonyl (C=O) groups excluding carboxylic acids is 1. The van der Waals surface area contributed by atoms with Crippen molar-refractivity contribution in [2.24, 2.45) is 0 Å². The normalized spacial score (nSPS) is 17.6. The summed E-state index contributed by atoms with van der Waals surface area (Å²) >= 11 is 9.52. The van der Waals surface area contributed by atoms with Crippen LogP contribution in [0, 0.1) is 0 Å². The van der Waals surface area contributed by atoms with E-state index in [1.165, 1.54) is 6.08 Å². The van der Waals surface area contributed by atoms with Gasteiger partial charge in [0.2, 0.25) is 0 Å². The zero-order valence-corrected chi connectivity index (χ0v) is 12.1. The lowest BCUT2D eigenvalue weighted by Crippen LogP contribution is -2.10. The predicted octanol–water partition coefficient (Wildman–Crippen LogP) is 3.53. The minimum atomic E-state index is -0.359. The molecular weight excluding hydrogens is 319 g/mol. The molecule has 2 rings (SSSR count). The van der Waals surface area contributed by atoms with E-state index < -0.39 is 0 Å². The monoisotopic (exact) mass is 330 g/mol. The molecule has 0 N–H and O–H groups in total. The zero-order valence-electron chi connectivity index (χ0n) is 9.78. The molecule has 0 spiro atoms. The molecule has 1 aromatic carbocycles. The molecule has 0 fully saturated rings. The summed E-state index contributed by atoms with van der Waals surface area (Å²) in [4.78, 5) is 11.2. The van der Waals surface area contributed by atoms with Gasteiger partial charge in [-0.05, 0) is 25.1 Å². The number of halogens is 2. The second-order valence-corrected chi connectivity index (χ2v) is 5.07. The molecule has 18 heavy (non-hydrogen) atoms. The van der Waals surface area contributed by atoms with Gasteiger partial charge in [0.15, 0.2) is 0 Å². The van der Waals surface area contributed by atoms with Crippen LogP contribution < -0.4 is 4.74 Å². The highest BCUT2D eigenvalue weighted by Gasteiger charge is 2.25. The lowest BCUT2D eigenvalue weighted by Gasteiger charge is -2.05. The molecule has 0 saturated carbocycles. The van der Waals surface area contributed by atoms with Gasteiger partial charge in [-0.1, -0.05) is 27.5 Å². The highest BCUT2D eigenvalue weighted by atomic mass is 79.9. The van der Waals surface area contributed by atoms with Gasteiger partial charge in [0.05, 0.1) is 11.6 Å². The van der Waals surface area contributed by atoms with Gasteiger partial charge in [-0.3, -0.25) is 0 Å². The van der Waals surface area contributed by atoms with Gasteiger partial charge < -0.3 is 9.47 Å². The Balaban J connectivity index is 2.08. The number of carbonyl (C=O) groups is 1. The lowest BCUT2D eigenvalue weighted by atomic mass is 10.1. The quantitative estimate of drug-likeness (QED) is 0.628. The Morgan fingerprint density at radius 2 is 2.44 bits per heavy atom. The minimum Gasteiger partial charge on any atom is -0.484 e. The van der Waals surface area contributed by atoms with E-state index in [1.807, 2.05) is 6.07 Å². The van der Waals surface area contributed by atoms with Crippen LogP contribution in [-0.2, 0) is 16.0 Å². The SMILES string of the molecule is CCOC(=O)C=CC1Cc2c(Br)ccc(Cl)c2O1. The van der Waals surface area contributed by atoms with Crippen molar-refractivity contribution in [1.29, 1.82) is 0 Å². The molecule has 1 aromatic rings. The molecule has 0 aliphatic carbocycles. The molecule has 96 valence electrons. The molecule has 3 nitrogen and oxygen atoms in total. The second-order valence-electron chi connectivity index (χ2n) is 3.81. The fraction of sp³-hybridized carbons (Fsp3) is 0.308. The number of hydrogen-bond acceptors (Lipinski definition) is 3. The Morgan fingerprint density at radius 1 is 1.67 bits per heavy atom. The number of esters is 1. The van der Waals surface area contributed by atoms with Crippen LogP contribution in [0.3, 0.4) is 0 Å². The van der Waals surface area contributed by atoms with Crippen molar-refractivity contribution in [3.8, 4) is 5.75 Å². The van der Waals surface area contributed by atoms with Gasteiger partial charge in [0.25, 0.3) is 0 Å². The van der Waals surface area contributed by atoms with Crippen LogP contribution in [0.5, 0.6) is 5.75 Å². The van der Waals surface area contributed by atoms with Gasteiger partial charge in [-0.25, -0.2) is 4.79 Å². The molecule has 0 radical (unpaired) electrons. The van der Waals surface area contributed by atoms with E-state index in [4.69, 9.17) is 21.1 Å². The highest BCUT2D eigenvalue weighted by Crippen LogP contribution is 2.40. The fourth-order valence-electron chi connectivity index (χ4n) is 1.77. The maximum atomic E-state index is 11.2. The smallest absolute Gasteiger partial charge is 0.330 e. The summed E-state index contributed by atoms with van der Waals surface area (Å²) in [7, 11) is 0. The lowest BCUT2D eigenvalue weighted by molar-refractivity contribution is -0.137. The third-order valence-electron chi connectivity index (χ3n) is 2.56. The number of hydrogen-bond donors (Lipinski definition) is 0. The van der Waals surface area contributed by atoms with E-state index in [9.17, 15) is 4.79 Å². The van der Waals surface area contributed by atoms with Crippen LogP contribution in [0.2, 0.25) is 5.02 Å².